The molecule has 1 aromatic rings. The van der Waals surface area contributed by atoms with Crippen LogP contribution in [0.1, 0.15) is 46.1 Å². The first-order chi connectivity index (χ1) is 9.22. The Kier molecular flexibility index (Phi) is 3.81. The van der Waals surface area contributed by atoms with Crippen LogP contribution >= 0.6 is 0 Å². The van der Waals surface area contributed by atoms with E-state index in [0.717, 1.165) is 37.2 Å². The van der Waals surface area contributed by atoms with Gasteiger partial charge in [-0.25, -0.2) is 0 Å². The number of hydrogen-bond acceptors (Lipinski definition) is 2. The summed E-state index contributed by atoms with van der Waals surface area (Å²) in [6.07, 6.45) is 2.16. The molecule has 1 aromatic carbocycles. The highest BCUT2D eigenvalue weighted by Gasteiger charge is 2.36. The van der Waals surface area contributed by atoms with Crippen molar-refractivity contribution in [2.45, 2.75) is 46.0 Å². The lowest BCUT2D eigenvalue weighted by molar-refractivity contribution is -0.138. The summed E-state index contributed by atoms with van der Waals surface area (Å²) in [5, 5.41) is 0. The Morgan fingerprint density at radius 1 is 1.15 bits per heavy atom. The zero-order valence-corrected chi connectivity index (χ0v) is 13.1. The summed E-state index contributed by atoms with van der Waals surface area (Å²) < 4.78 is 0. The molecule has 0 aliphatic carbocycles. The zero-order valence-electron chi connectivity index (χ0n) is 13.1. The summed E-state index contributed by atoms with van der Waals surface area (Å²) in [7, 11) is 0. The van der Waals surface area contributed by atoms with Gasteiger partial charge >= 0.3 is 0 Å². The Morgan fingerprint density at radius 2 is 1.65 bits per heavy atom. The molecule has 1 amide bonds. The molecule has 2 N–H and O–H groups in total. The van der Waals surface area contributed by atoms with E-state index in [2.05, 4.69) is 13.8 Å². The Labute approximate surface area is 122 Å². The molecule has 1 fully saturated rings. The van der Waals surface area contributed by atoms with E-state index in [-0.39, 0.29) is 5.91 Å². The minimum absolute atomic E-state index is 0.220. The van der Waals surface area contributed by atoms with Gasteiger partial charge in [0.05, 0.1) is 5.41 Å². The van der Waals surface area contributed by atoms with Crippen molar-refractivity contribution in [2.75, 3.05) is 18.8 Å². The first-order valence-electron chi connectivity index (χ1n) is 7.38. The van der Waals surface area contributed by atoms with Crippen molar-refractivity contribution in [1.82, 2.24) is 4.90 Å². The van der Waals surface area contributed by atoms with Crippen LogP contribution in [-0.4, -0.2) is 23.9 Å². The van der Waals surface area contributed by atoms with Gasteiger partial charge < -0.3 is 10.6 Å². The minimum Gasteiger partial charge on any atom is -0.399 e. The standard InChI is InChI=1S/C17H26N2O/c1-16(2)9-11-19(12-10-16)15(20)17(3,4)13-5-7-14(18)8-6-13/h5-8H,9-12,18H2,1-4H3. The molecule has 3 nitrogen and oxygen atoms in total. The highest BCUT2D eigenvalue weighted by molar-refractivity contribution is 5.87. The third-order valence-corrected chi connectivity index (χ3v) is 4.57. The van der Waals surface area contributed by atoms with Crippen molar-refractivity contribution >= 4 is 11.6 Å². The van der Waals surface area contributed by atoms with Crippen LogP contribution in [0.5, 0.6) is 0 Å². The number of anilines is 1. The predicted molar refractivity (Wildman–Crippen MR) is 83.5 cm³/mol. The second kappa shape index (κ2) is 5.12. The van der Waals surface area contributed by atoms with Gasteiger partial charge in [0.2, 0.25) is 5.91 Å². The number of benzene rings is 1. The number of likely N-dealkylation sites (tertiary alicyclic amines) is 1. The van der Waals surface area contributed by atoms with Crippen LogP contribution in [0.3, 0.4) is 0 Å². The van der Waals surface area contributed by atoms with E-state index in [1.165, 1.54) is 0 Å². The molecule has 1 heterocycles. The lowest BCUT2D eigenvalue weighted by Gasteiger charge is -2.40. The number of nitrogens with two attached hydrogens (primary N) is 1. The minimum atomic E-state index is -0.491. The lowest BCUT2D eigenvalue weighted by atomic mass is 9.79. The predicted octanol–water partition coefficient (Wildman–Crippen LogP) is 3.20. The Bertz CT molecular complexity index is 478. The van der Waals surface area contributed by atoms with Crippen molar-refractivity contribution in [3.8, 4) is 0 Å². The van der Waals surface area contributed by atoms with Gasteiger partial charge in [-0.3, -0.25) is 4.79 Å². The first kappa shape index (κ1) is 14.9. The fourth-order valence-electron chi connectivity index (χ4n) is 2.73. The number of nitrogen functional groups attached to an aromatic ring is 1. The molecule has 2 rings (SSSR count). The topological polar surface area (TPSA) is 46.3 Å². The number of rotatable bonds is 2. The van der Waals surface area contributed by atoms with Crippen LogP contribution in [-0.2, 0) is 10.2 Å². The van der Waals surface area contributed by atoms with Crippen LogP contribution in [0.4, 0.5) is 5.69 Å². The maximum atomic E-state index is 12.8. The highest BCUT2D eigenvalue weighted by Crippen LogP contribution is 2.33. The molecule has 110 valence electrons. The molecule has 0 aromatic heterocycles. The van der Waals surface area contributed by atoms with Gasteiger partial charge in [0, 0.05) is 18.8 Å². The summed E-state index contributed by atoms with van der Waals surface area (Å²) in [6, 6.07) is 7.65. The number of amides is 1. The van der Waals surface area contributed by atoms with Crippen molar-refractivity contribution in [2.24, 2.45) is 5.41 Å². The van der Waals surface area contributed by atoms with Crippen LogP contribution in [0.25, 0.3) is 0 Å². The Balaban J connectivity index is 2.13. The average molecular weight is 274 g/mol. The van der Waals surface area contributed by atoms with Crippen molar-refractivity contribution in [1.29, 1.82) is 0 Å². The molecule has 3 heteroatoms. The smallest absolute Gasteiger partial charge is 0.232 e. The third-order valence-electron chi connectivity index (χ3n) is 4.57. The van der Waals surface area contributed by atoms with Crippen molar-refractivity contribution in [3.63, 3.8) is 0 Å². The summed E-state index contributed by atoms with van der Waals surface area (Å²) in [5.74, 6) is 0.220. The van der Waals surface area contributed by atoms with Gasteiger partial charge in [-0.15, -0.1) is 0 Å². The molecule has 0 radical (unpaired) electrons. The maximum Gasteiger partial charge on any atom is 0.232 e. The Hall–Kier alpha value is -1.51. The molecule has 1 aliphatic heterocycles. The number of carbonyl (C=O) groups is 1. The van der Waals surface area contributed by atoms with Crippen LogP contribution in [0.2, 0.25) is 0 Å². The van der Waals surface area contributed by atoms with Gasteiger partial charge in [0.25, 0.3) is 0 Å². The average Bonchev–Trinajstić information content (AvgIpc) is 2.38. The molecule has 1 saturated heterocycles. The summed E-state index contributed by atoms with van der Waals surface area (Å²) >= 11 is 0. The second-order valence-electron chi connectivity index (χ2n) is 7.20. The number of carbonyl (C=O) groups excluding carboxylic acids is 1. The normalized spacial score (nSPS) is 18.9. The van der Waals surface area contributed by atoms with Gasteiger partial charge in [-0.05, 0) is 49.8 Å². The molecule has 0 atom stereocenters. The maximum absolute atomic E-state index is 12.8. The zero-order chi connectivity index (χ0) is 15.0. The fraction of sp³-hybridized carbons (Fsp3) is 0.588. The van der Waals surface area contributed by atoms with E-state index in [1.807, 2.05) is 43.0 Å². The number of hydrogen-bond donors (Lipinski definition) is 1. The van der Waals surface area contributed by atoms with E-state index in [0.29, 0.717) is 5.41 Å². The largest absolute Gasteiger partial charge is 0.399 e. The third kappa shape index (κ3) is 2.97. The van der Waals surface area contributed by atoms with E-state index in [1.54, 1.807) is 0 Å². The van der Waals surface area contributed by atoms with Crippen LogP contribution in [0.15, 0.2) is 24.3 Å². The monoisotopic (exact) mass is 274 g/mol. The first-order valence-corrected chi connectivity index (χ1v) is 7.38. The molecule has 0 spiro atoms. The van der Waals surface area contributed by atoms with Gasteiger partial charge in [0.15, 0.2) is 0 Å². The molecular formula is C17H26N2O. The van der Waals surface area contributed by atoms with E-state index in [9.17, 15) is 4.79 Å². The summed E-state index contributed by atoms with van der Waals surface area (Å²) in [5.41, 5.74) is 7.36. The fourth-order valence-corrected chi connectivity index (χ4v) is 2.73. The van der Waals surface area contributed by atoms with Gasteiger partial charge in [0.1, 0.15) is 0 Å². The summed E-state index contributed by atoms with van der Waals surface area (Å²) in [4.78, 5) is 14.8. The molecular weight excluding hydrogens is 248 g/mol. The lowest BCUT2D eigenvalue weighted by Crippen LogP contribution is -2.48. The van der Waals surface area contributed by atoms with Crippen LogP contribution < -0.4 is 5.73 Å². The molecule has 0 saturated carbocycles. The van der Waals surface area contributed by atoms with E-state index in [4.69, 9.17) is 5.73 Å². The van der Waals surface area contributed by atoms with Crippen molar-refractivity contribution < 1.29 is 4.79 Å². The Morgan fingerprint density at radius 3 is 2.15 bits per heavy atom. The van der Waals surface area contributed by atoms with E-state index >= 15 is 0 Å². The van der Waals surface area contributed by atoms with Crippen molar-refractivity contribution in [3.05, 3.63) is 29.8 Å². The second-order valence-corrected chi connectivity index (χ2v) is 7.20. The highest BCUT2D eigenvalue weighted by atomic mass is 16.2. The van der Waals surface area contributed by atoms with Gasteiger partial charge in [-0.1, -0.05) is 26.0 Å². The summed E-state index contributed by atoms with van der Waals surface area (Å²) in [6.45, 7) is 10.3. The quantitative estimate of drug-likeness (QED) is 0.842. The van der Waals surface area contributed by atoms with Crippen LogP contribution in [0, 0.1) is 5.41 Å². The molecule has 0 bridgehead atoms. The molecule has 20 heavy (non-hydrogen) atoms. The van der Waals surface area contributed by atoms with E-state index < -0.39 is 5.41 Å². The molecule has 1 aliphatic rings. The number of piperidine rings is 1. The number of nitrogens with zero attached hydrogens (tertiary/aromatic N) is 1. The van der Waals surface area contributed by atoms with Gasteiger partial charge in [-0.2, -0.15) is 0 Å². The molecule has 0 unspecified atom stereocenters. The SMILES string of the molecule is CC1(C)CCN(C(=O)C(C)(C)c2ccc(N)cc2)CC1.